The number of benzene rings is 2. The highest BCUT2D eigenvalue weighted by Gasteiger charge is 2.34. The third-order valence-corrected chi connectivity index (χ3v) is 4.21. The van der Waals surface area contributed by atoms with Crippen LogP contribution in [0.25, 0.3) is 0 Å². The number of para-hydroxylation sites is 1. The Morgan fingerprint density at radius 2 is 1.79 bits per heavy atom. The number of alkyl halides is 4. The van der Waals surface area contributed by atoms with Gasteiger partial charge in [0.25, 0.3) is 5.91 Å². The summed E-state index contributed by atoms with van der Waals surface area (Å²) in [6.45, 7) is -4.05. The second-order valence-corrected chi connectivity index (χ2v) is 6.05. The van der Waals surface area contributed by atoms with Crippen LogP contribution in [0.5, 0.6) is 11.5 Å². The van der Waals surface area contributed by atoms with E-state index in [1.54, 1.807) is 24.3 Å². The van der Waals surface area contributed by atoms with Crippen LogP contribution in [0.3, 0.4) is 0 Å². The van der Waals surface area contributed by atoms with Crippen molar-refractivity contribution in [1.82, 2.24) is 4.90 Å². The monoisotopic (exact) mass is 398 g/mol. The fraction of sp³-hybridized carbons (Fsp3) is 0.316. The molecule has 0 aliphatic carbocycles. The first kappa shape index (κ1) is 19.8. The molecule has 1 aliphatic rings. The number of amides is 1. The number of anilines is 1. The molecule has 0 unspecified atom stereocenters. The first-order chi connectivity index (χ1) is 13.4. The highest BCUT2D eigenvalue weighted by Crippen LogP contribution is 2.39. The molecule has 1 amide bonds. The van der Waals surface area contributed by atoms with E-state index in [9.17, 15) is 22.4 Å². The van der Waals surface area contributed by atoms with E-state index in [4.69, 9.17) is 0 Å². The maximum absolute atomic E-state index is 12.9. The number of fused-ring (bicyclic) bond motifs is 1. The van der Waals surface area contributed by atoms with E-state index in [0.29, 0.717) is 24.2 Å². The van der Waals surface area contributed by atoms with Crippen molar-refractivity contribution in [3.63, 3.8) is 0 Å². The van der Waals surface area contributed by atoms with Gasteiger partial charge in [-0.2, -0.15) is 17.6 Å². The minimum Gasteiger partial charge on any atom is -0.435 e. The number of rotatable bonds is 7. The zero-order chi connectivity index (χ0) is 20.3. The molecule has 1 heterocycles. The van der Waals surface area contributed by atoms with E-state index in [1.165, 1.54) is 17.0 Å². The van der Waals surface area contributed by atoms with Crippen LogP contribution in [-0.4, -0.2) is 30.6 Å². The van der Waals surface area contributed by atoms with E-state index >= 15 is 0 Å². The predicted molar refractivity (Wildman–Crippen MR) is 93.8 cm³/mol. The van der Waals surface area contributed by atoms with Crippen LogP contribution in [0.15, 0.2) is 42.5 Å². The number of carbonyl (C=O) groups is 1. The standard InChI is InChI=1S/C19H18F4N2O3/c1-2-9-25-16(24-14-6-4-3-5-12(14)17(25)26)13-8-7-11(27-18(20)21)10-15(13)28-19(22)23/h3-8,10,16,18-19,24H,2,9H2,1H3/t16-/m1/s1. The lowest BCUT2D eigenvalue weighted by atomic mass is 10.0. The van der Waals surface area contributed by atoms with Crippen LogP contribution in [0.4, 0.5) is 23.2 Å². The van der Waals surface area contributed by atoms with Gasteiger partial charge in [-0.1, -0.05) is 19.1 Å². The second-order valence-electron chi connectivity index (χ2n) is 6.05. The summed E-state index contributed by atoms with van der Waals surface area (Å²) in [5.41, 5.74) is 1.21. The van der Waals surface area contributed by atoms with Crippen molar-refractivity contribution in [1.29, 1.82) is 0 Å². The maximum atomic E-state index is 12.9. The van der Waals surface area contributed by atoms with Gasteiger partial charge in [0.2, 0.25) is 0 Å². The lowest BCUT2D eigenvalue weighted by Gasteiger charge is -2.38. The largest absolute Gasteiger partial charge is 0.435 e. The smallest absolute Gasteiger partial charge is 0.387 e. The minimum absolute atomic E-state index is 0.207. The van der Waals surface area contributed by atoms with Gasteiger partial charge >= 0.3 is 13.2 Å². The summed E-state index contributed by atoms with van der Waals surface area (Å²) in [5, 5.41) is 3.14. The van der Waals surface area contributed by atoms with E-state index in [-0.39, 0.29) is 23.0 Å². The number of halogens is 4. The molecule has 1 aliphatic heterocycles. The molecule has 1 atom stereocenters. The molecule has 0 fully saturated rings. The molecule has 0 saturated carbocycles. The number of carbonyl (C=O) groups excluding carboxylic acids is 1. The molecule has 28 heavy (non-hydrogen) atoms. The number of hydrogen-bond acceptors (Lipinski definition) is 4. The lowest BCUT2D eigenvalue weighted by Crippen LogP contribution is -2.43. The number of nitrogens with one attached hydrogen (secondary N) is 1. The Hall–Kier alpha value is -2.97. The van der Waals surface area contributed by atoms with Crippen LogP contribution in [0.2, 0.25) is 0 Å². The molecule has 0 radical (unpaired) electrons. The van der Waals surface area contributed by atoms with Gasteiger partial charge in [-0.05, 0) is 30.7 Å². The molecule has 0 spiro atoms. The fourth-order valence-electron chi connectivity index (χ4n) is 3.12. The van der Waals surface area contributed by atoms with Gasteiger partial charge in [-0.25, -0.2) is 0 Å². The second kappa shape index (κ2) is 8.37. The van der Waals surface area contributed by atoms with Gasteiger partial charge in [0.1, 0.15) is 17.7 Å². The first-order valence-corrected chi connectivity index (χ1v) is 8.60. The van der Waals surface area contributed by atoms with Gasteiger partial charge in [-0.15, -0.1) is 0 Å². The van der Waals surface area contributed by atoms with Gasteiger partial charge in [0.15, 0.2) is 0 Å². The van der Waals surface area contributed by atoms with E-state index in [2.05, 4.69) is 14.8 Å². The van der Waals surface area contributed by atoms with Crippen molar-refractivity contribution in [2.75, 3.05) is 11.9 Å². The highest BCUT2D eigenvalue weighted by molar-refractivity contribution is 6.01. The molecular weight excluding hydrogens is 380 g/mol. The van der Waals surface area contributed by atoms with E-state index in [0.717, 1.165) is 6.07 Å². The zero-order valence-corrected chi connectivity index (χ0v) is 14.9. The van der Waals surface area contributed by atoms with Crippen molar-refractivity contribution in [2.24, 2.45) is 0 Å². The fourth-order valence-corrected chi connectivity index (χ4v) is 3.12. The molecule has 0 aromatic heterocycles. The average molecular weight is 398 g/mol. The Balaban J connectivity index is 2.05. The summed E-state index contributed by atoms with van der Waals surface area (Å²) in [7, 11) is 0. The topological polar surface area (TPSA) is 50.8 Å². The molecule has 2 aromatic rings. The third kappa shape index (κ3) is 4.13. The summed E-state index contributed by atoms with van der Waals surface area (Å²) in [6.07, 6.45) is -0.180. The van der Waals surface area contributed by atoms with Gasteiger partial charge in [-0.3, -0.25) is 4.79 Å². The molecule has 9 heteroatoms. The Morgan fingerprint density at radius 1 is 1.07 bits per heavy atom. The molecule has 150 valence electrons. The summed E-state index contributed by atoms with van der Waals surface area (Å²) < 4.78 is 59.6. The van der Waals surface area contributed by atoms with Crippen LogP contribution >= 0.6 is 0 Å². The van der Waals surface area contributed by atoms with Crippen molar-refractivity contribution in [3.05, 3.63) is 53.6 Å². The highest BCUT2D eigenvalue weighted by atomic mass is 19.3. The van der Waals surface area contributed by atoms with E-state index in [1.807, 2.05) is 6.92 Å². The van der Waals surface area contributed by atoms with Crippen molar-refractivity contribution >= 4 is 11.6 Å². The summed E-state index contributed by atoms with van der Waals surface area (Å²) in [6, 6.07) is 10.3. The van der Waals surface area contributed by atoms with Gasteiger partial charge < -0.3 is 19.7 Å². The van der Waals surface area contributed by atoms with Gasteiger partial charge in [0.05, 0.1) is 5.56 Å². The molecular formula is C19H18F4N2O3. The minimum atomic E-state index is -3.17. The zero-order valence-electron chi connectivity index (χ0n) is 14.9. The average Bonchev–Trinajstić information content (AvgIpc) is 2.63. The normalized spacial score (nSPS) is 16.2. The SMILES string of the molecule is CCCN1C(=O)c2ccccc2N[C@H]1c1ccc(OC(F)F)cc1OC(F)F. The molecule has 2 aromatic carbocycles. The first-order valence-electron chi connectivity index (χ1n) is 8.60. The molecule has 3 rings (SSSR count). The Bertz CT molecular complexity index is 848. The van der Waals surface area contributed by atoms with Crippen LogP contribution < -0.4 is 14.8 Å². The Kier molecular flexibility index (Phi) is 5.91. The quantitative estimate of drug-likeness (QED) is 0.677. The van der Waals surface area contributed by atoms with Crippen LogP contribution in [0, 0.1) is 0 Å². The van der Waals surface area contributed by atoms with Crippen molar-refractivity contribution in [2.45, 2.75) is 32.7 Å². The number of nitrogens with zero attached hydrogens (tertiary/aromatic N) is 1. The lowest BCUT2D eigenvalue weighted by molar-refractivity contribution is -0.0549. The summed E-state index contributed by atoms with van der Waals surface area (Å²) in [5.74, 6) is -0.935. The molecule has 0 saturated heterocycles. The summed E-state index contributed by atoms with van der Waals surface area (Å²) in [4.78, 5) is 14.4. The number of ether oxygens (including phenoxy) is 2. The van der Waals surface area contributed by atoms with Crippen LogP contribution in [-0.2, 0) is 0 Å². The Morgan fingerprint density at radius 3 is 2.46 bits per heavy atom. The predicted octanol–water partition coefficient (Wildman–Crippen LogP) is 4.87. The maximum Gasteiger partial charge on any atom is 0.387 e. The third-order valence-electron chi connectivity index (χ3n) is 4.21. The van der Waals surface area contributed by atoms with Crippen molar-refractivity contribution < 1.29 is 31.8 Å². The van der Waals surface area contributed by atoms with Crippen LogP contribution in [0.1, 0.15) is 35.4 Å². The van der Waals surface area contributed by atoms with Crippen molar-refractivity contribution in [3.8, 4) is 11.5 Å². The number of hydrogen-bond donors (Lipinski definition) is 1. The molecule has 0 bridgehead atoms. The van der Waals surface area contributed by atoms with Gasteiger partial charge in [0, 0.05) is 23.9 Å². The molecule has 5 nitrogen and oxygen atoms in total. The Labute approximate surface area is 158 Å². The van der Waals surface area contributed by atoms with E-state index < -0.39 is 19.4 Å². The summed E-state index contributed by atoms with van der Waals surface area (Å²) >= 11 is 0. The molecule has 1 N–H and O–H groups in total.